The second-order valence-electron chi connectivity index (χ2n) is 5.55. The predicted molar refractivity (Wildman–Crippen MR) is 72.9 cm³/mol. The van der Waals surface area contributed by atoms with Crippen LogP contribution in [0.2, 0.25) is 0 Å². The minimum atomic E-state index is -0.450. The Morgan fingerprint density at radius 1 is 1.42 bits per heavy atom. The van der Waals surface area contributed by atoms with Crippen LogP contribution in [0.25, 0.3) is 0 Å². The van der Waals surface area contributed by atoms with Gasteiger partial charge in [0.25, 0.3) is 5.91 Å². The van der Waals surface area contributed by atoms with Crippen LogP contribution in [0, 0.1) is 0 Å². The number of carbonyl (C=O) groups excluding carboxylic acids is 1. The lowest BCUT2D eigenvalue weighted by Gasteiger charge is -2.15. The number of hydrogen-bond acceptors (Lipinski definition) is 3. The molecule has 19 heavy (non-hydrogen) atoms. The van der Waals surface area contributed by atoms with Crippen LogP contribution >= 0.6 is 0 Å². The van der Waals surface area contributed by atoms with Gasteiger partial charge in [0, 0.05) is 12.1 Å². The van der Waals surface area contributed by atoms with Gasteiger partial charge in [-0.05, 0) is 55.9 Å². The van der Waals surface area contributed by atoms with Crippen molar-refractivity contribution in [3.05, 3.63) is 29.3 Å². The quantitative estimate of drug-likeness (QED) is 0.865. The minimum absolute atomic E-state index is 0.0281. The van der Waals surface area contributed by atoms with Gasteiger partial charge in [-0.15, -0.1) is 0 Å². The van der Waals surface area contributed by atoms with E-state index in [1.165, 1.54) is 11.1 Å². The van der Waals surface area contributed by atoms with Crippen LogP contribution in [0.4, 0.5) is 0 Å². The first kappa shape index (κ1) is 12.5. The van der Waals surface area contributed by atoms with E-state index in [9.17, 15) is 4.79 Å². The van der Waals surface area contributed by atoms with Gasteiger partial charge in [0.05, 0.1) is 0 Å². The van der Waals surface area contributed by atoms with Crippen LogP contribution < -0.4 is 15.8 Å². The molecule has 1 saturated carbocycles. The topological polar surface area (TPSA) is 64.3 Å². The zero-order chi connectivity index (χ0) is 13.4. The van der Waals surface area contributed by atoms with Crippen LogP contribution in [0.3, 0.4) is 0 Å². The zero-order valence-corrected chi connectivity index (χ0v) is 11.2. The number of ether oxygens (including phenoxy) is 1. The second-order valence-corrected chi connectivity index (χ2v) is 5.55. The van der Waals surface area contributed by atoms with E-state index in [1.807, 2.05) is 18.2 Å². The van der Waals surface area contributed by atoms with Crippen molar-refractivity contribution >= 4 is 5.91 Å². The maximum Gasteiger partial charge on any atom is 0.260 e. The Kier molecular flexibility index (Phi) is 3.19. The van der Waals surface area contributed by atoms with Crippen molar-refractivity contribution in [2.24, 2.45) is 5.73 Å². The standard InChI is InChI=1S/C15H20N2O2/c1-9(15(18)17-11-3-4-11)19-12-5-6-13-10(8-12)2-7-14(13)16/h5-6,8-9,11,14H,2-4,7,16H2,1H3,(H,17,18)/t9?,14-/m0/s1. The summed E-state index contributed by atoms with van der Waals surface area (Å²) >= 11 is 0. The van der Waals surface area contributed by atoms with Crippen LogP contribution in [0.5, 0.6) is 5.75 Å². The lowest BCUT2D eigenvalue weighted by atomic mass is 10.1. The number of aryl methyl sites for hydroxylation is 1. The molecule has 102 valence electrons. The number of nitrogens with two attached hydrogens (primary N) is 1. The molecule has 1 amide bonds. The highest BCUT2D eigenvalue weighted by Gasteiger charge is 2.26. The molecule has 0 saturated heterocycles. The molecule has 1 unspecified atom stereocenters. The van der Waals surface area contributed by atoms with Crippen molar-refractivity contribution < 1.29 is 9.53 Å². The predicted octanol–water partition coefficient (Wildman–Crippen LogP) is 1.68. The molecule has 2 atom stereocenters. The molecule has 0 bridgehead atoms. The van der Waals surface area contributed by atoms with Gasteiger partial charge >= 0.3 is 0 Å². The van der Waals surface area contributed by atoms with E-state index in [0.717, 1.165) is 31.4 Å². The van der Waals surface area contributed by atoms with Gasteiger partial charge in [-0.1, -0.05) is 6.07 Å². The Bertz CT molecular complexity index is 497. The molecular weight excluding hydrogens is 240 g/mol. The van der Waals surface area contributed by atoms with Crippen LogP contribution in [0.15, 0.2) is 18.2 Å². The minimum Gasteiger partial charge on any atom is -0.481 e. The molecule has 3 N–H and O–H groups in total. The molecule has 1 fully saturated rings. The average Bonchev–Trinajstić information content (AvgIpc) is 3.13. The Hall–Kier alpha value is -1.55. The molecule has 0 aromatic heterocycles. The molecule has 1 aromatic rings. The van der Waals surface area contributed by atoms with Gasteiger partial charge < -0.3 is 15.8 Å². The third-order valence-electron chi connectivity index (χ3n) is 3.84. The van der Waals surface area contributed by atoms with E-state index in [1.54, 1.807) is 6.92 Å². The highest BCUT2D eigenvalue weighted by molar-refractivity contribution is 5.81. The van der Waals surface area contributed by atoms with Crippen molar-refractivity contribution in [1.82, 2.24) is 5.32 Å². The molecule has 3 rings (SSSR count). The van der Waals surface area contributed by atoms with Crippen LogP contribution in [-0.2, 0) is 11.2 Å². The molecule has 4 nitrogen and oxygen atoms in total. The SMILES string of the molecule is CC(Oc1ccc2c(c1)CC[C@@H]2N)C(=O)NC1CC1. The maximum absolute atomic E-state index is 11.8. The molecule has 4 heteroatoms. The summed E-state index contributed by atoms with van der Waals surface area (Å²) in [5, 5.41) is 2.95. The molecule has 0 heterocycles. The molecule has 1 aromatic carbocycles. The first-order valence-corrected chi connectivity index (χ1v) is 6.99. The van der Waals surface area contributed by atoms with Gasteiger partial charge in [0.2, 0.25) is 0 Å². The fourth-order valence-corrected chi connectivity index (χ4v) is 2.50. The van der Waals surface area contributed by atoms with Gasteiger partial charge in [-0.2, -0.15) is 0 Å². The van der Waals surface area contributed by atoms with Crippen molar-refractivity contribution in [2.45, 2.75) is 50.8 Å². The normalized spacial score (nSPS) is 22.7. The van der Waals surface area contributed by atoms with Crippen molar-refractivity contribution in [2.75, 3.05) is 0 Å². The van der Waals surface area contributed by atoms with Crippen LogP contribution in [0.1, 0.15) is 43.4 Å². The lowest BCUT2D eigenvalue weighted by Crippen LogP contribution is -2.37. The first-order valence-electron chi connectivity index (χ1n) is 6.99. The summed E-state index contributed by atoms with van der Waals surface area (Å²) in [6.45, 7) is 1.79. The van der Waals surface area contributed by atoms with Crippen LogP contribution in [-0.4, -0.2) is 18.1 Å². The molecule has 2 aliphatic carbocycles. The Labute approximate surface area is 113 Å². The summed E-state index contributed by atoms with van der Waals surface area (Å²) in [5.74, 6) is 0.728. The number of nitrogens with one attached hydrogen (secondary N) is 1. The number of benzene rings is 1. The number of rotatable bonds is 4. The Morgan fingerprint density at radius 2 is 2.21 bits per heavy atom. The fraction of sp³-hybridized carbons (Fsp3) is 0.533. The van der Waals surface area contributed by atoms with Gasteiger partial charge in [0.15, 0.2) is 6.10 Å². The maximum atomic E-state index is 11.8. The highest BCUT2D eigenvalue weighted by Crippen LogP contribution is 2.32. The van der Waals surface area contributed by atoms with E-state index in [2.05, 4.69) is 5.32 Å². The average molecular weight is 260 g/mol. The summed E-state index contributed by atoms with van der Waals surface area (Å²) in [6, 6.07) is 6.47. The molecular formula is C15H20N2O2. The second kappa shape index (κ2) is 4.85. The van der Waals surface area contributed by atoms with E-state index >= 15 is 0 Å². The fourth-order valence-electron chi connectivity index (χ4n) is 2.50. The van der Waals surface area contributed by atoms with Gasteiger partial charge in [0.1, 0.15) is 5.75 Å². The summed E-state index contributed by atoms with van der Waals surface area (Å²) in [7, 11) is 0. The van der Waals surface area contributed by atoms with Crippen molar-refractivity contribution in [3.8, 4) is 5.75 Å². The molecule has 0 aliphatic heterocycles. The summed E-state index contributed by atoms with van der Waals surface area (Å²) in [6.07, 6.45) is 3.73. The van der Waals surface area contributed by atoms with Crippen molar-refractivity contribution in [1.29, 1.82) is 0 Å². The number of amides is 1. The van der Waals surface area contributed by atoms with E-state index in [4.69, 9.17) is 10.5 Å². The number of carbonyl (C=O) groups is 1. The third-order valence-corrected chi connectivity index (χ3v) is 3.84. The summed E-state index contributed by atoms with van der Waals surface area (Å²) in [5.41, 5.74) is 8.46. The van der Waals surface area contributed by atoms with Crippen molar-refractivity contribution in [3.63, 3.8) is 0 Å². The lowest BCUT2D eigenvalue weighted by molar-refractivity contribution is -0.127. The Morgan fingerprint density at radius 3 is 2.95 bits per heavy atom. The van der Waals surface area contributed by atoms with E-state index < -0.39 is 6.10 Å². The molecule has 0 spiro atoms. The molecule has 0 radical (unpaired) electrons. The van der Waals surface area contributed by atoms with Gasteiger partial charge in [-0.3, -0.25) is 4.79 Å². The summed E-state index contributed by atoms with van der Waals surface area (Å²) < 4.78 is 5.71. The van der Waals surface area contributed by atoms with E-state index in [0.29, 0.717) is 6.04 Å². The summed E-state index contributed by atoms with van der Waals surface area (Å²) in [4.78, 5) is 11.8. The number of hydrogen-bond donors (Lipinski definition) is 2. The number of fused-ring (bicyclic) bond motifs is 1. The highest BCUT2D eigenvalue weighted by atomic mass is 16.5. The monoisotopic (exact) mass is 260 g/mol. The molecule has 2 aliphatic rings. The first-order chi connectivity index (χ1) is 9.13. The third kappa shape index (κ3) is 2.73. The smallest absolute Gasteiger partial charge is 0.260 e. The largest absolute Gasteiger partial charge is 0.481 e. The zero-order valence-electron chi connectivity index (χ0n) is 11.2. The van der Waals surface area contributed by atoms with Gasteiger partial charge in [-0.25, -0.2) is 0 Å². The Balaban J connectivity index is 1.64. The van der Waals surface area contributed by atoms with E-state index in [-0.39, 0.29) is 11.9 Å².